The number of halogens is 2. The molecule has 0 aliphatic carbocycles. The van der Waals surface area contributed by atoms with E-state index in [0.717, 1.165) is 14.3 Å². The van der Waals surface area contributed by atoms with Gasteiger partial charge in [-0.05, 0) is 48.9 Å². The highest BCUT2D eigenvalue weighted by Gasteiger charge is 2.49. The highest BCUT2D eigenvalue weighted by Crippen LogP contribution is 2.30. The van der Waals surface area contributed by atoms with Crippen molar-refractivity contribution in [3.63, 3.8) is 0 Å². The zero-order chi connectivity index (χ0) is 22.8. The minimum Gasteiger partial charge on any atom is -0.335 e. The highest BCUT2D eigenvalue weighted by atomic mass is 79.9. The van der Waals surface area contributed by atoms with Gasteiger partial charge >= 0.3 is 6.03 Å². The number of urea groups is 1. The molecule has 0 saturated carbocycles. The lowest BCUT2D eigenvalue weighted by molar-refractivity contribution is -0.139. The quantitative estimate of drug-likeness (QED) is 0.607. The van der Waals surface area contributed by atoms with Crippen LogP contribution in [0.25, 0.3) is 0 Å². The molecule has 2 aromatic carbocycles. The van der Waals surface area contributed by atoms with Crippen LogP contribution < -0.4 is 10.6 Å². The molecule has 1 atom stereocenters. The van der Waals surface area contributed by atoms with Gasteiger partial charge in [-0.25, -0.2) is 9.18 Å². The lowest BCUT2D eigenvalue weighted by atomic mass is 9.92. The Bertz CT molecular complexity index is 1050. The van der Waals surface area contributed by atoms with Crippen molar-refractivity contribution in [2.24, 2.45) is 0 Å². The molecule has 31 heavy (non-hydrogen) atoms. The van der Waals surface area contributed by atoms with Crippen LogP contribution >= 0.6 is 15.9 Å². The van der Waals surface area contributed by atoms with E-state index in [9.17, 15) is 23.6 Å². The Labute approximate surface area is 186 Å². The maximum absolute atomic E-state index is 12.9. The number of imide groups is 1. The number of nitrogens with one attached hydrogen (secondary N) is 2. The predicted octanol–water partition coefficient (Wildman–Crippen LogP) is 2.45. The first-order chi connectivity index (χ1) is 14.6. The number of hydrogen-bond acceptors (Lipinski definition) is 4. The molecule has 2 aromatic rings. The monoisotopic (exact) mass is 490 g/mol. The van der Waals surface area contributed by atoms with Gasteiger partial charge in [-0.15, -0.1) is 0 Å². The average Bonchev–Trinajstić information content (AvgIpc) is 2.93. The van der Waals surface area contributed by atoms with Gasteiger partial charge in [-0.2, -0.15) is 0 Å². The molecule has 162 valence electrons. The molecule has 0 spiro atoms. The fraction of sp³-hybridized carbons (Fsp3) is 0.238. The summed E-state index contributed by atoms with van der Waals surface area (Å²) in [6, 6.07) is 11.5. The minimum atomic E-state index is -1.31. The molecule has 5 amide bonds. The van der Waals surface area contributed by atoms with Crippen molar-refractivity contribution in [3.05, 3.63) is 64.4 Å². The molecular formula is C21H20BrFN4O4. The van der Waals surface area contributed by atoms with Crippen molar-refractivity contribution in [3.8, 4) is 0 Å². The third-order valence-electron chi connectivity index (χ3n) is 4.90. The van der Waals surface area contributed by atoms with Crippen LogP contribution in [0.1, 0.15) is 12.5 Å². The van der Waals surface area contributed by atoms with Gasteiger partial charge in [0, 0.05) is 17.2 Å². The lowest BCUT2D eigenvalue weighted by Gasteiger charge is -2.23. The van der Waals surface area contributed by atoms with Crippen molar-refractivity contribution in [1.29, 1.82) is 0 Å². The molecule has 3 rings (SSSR count). The van der Waals surface area contributed by atoms with Gasteiger partial charge in [-0.3, -0.25) is 19.3 Å². The van der Waals surface area contributed by atoms with Gasteiger partial charge in [0.05, 0.1) is 6.54 Å². The molecule has 0 radical (unpaired) electrons. The molecule has 1 saturated heterocycles. The number of amides is 5. The van der Waals surface area contributed by atoms with E-state index in [1.165, 1.54) is 31.3 Å². The van der Waals surface area contributed by atoms with Crippen LogP contribution in [0, 0.1) is 5.82 Å². The largest absolute Gasteiger partial charge is 0.335 e. The van der Waals surface area contributed by atoms with E-state index >= 15 is 0 Å². The van der Waals surface area contributed by atoms with Gasteiger partial charge in [0.25, 0.3) is 5.91 Å². The fourth-order valence-corrected chi connectivity index (χ4v) is 3.53. The van der Waals surface area contributed by atoms with Gasteiger partial charge < -0.3 is 15.5 Å². The maximum Gasteiger partial charge on any atom is 0.325 e. The lowest BCUT2D eigenvalue weighted by Crippen LogP contribution is -2.45. The van der Waals surface area contributed by atoms with Gasteiger partial charge in [-0.1, -0.05) is 28.1 Å². The minimum absolute atomic E-state index is 0.303. The number of anilines is 1. The smallest absolute Gasteiger partial charge is 0.325 e. The van der Waals surface area contributed by atoms with Gasteiger partial charge in [0.15, 0.2) is 0 Å². The number of nitrogens with zero attached hydrogens (tertiary/aromatic N) is 2. The zero-order valence-electron chi connectivity index (χ0n) is 16.8. The first-order valence-corrected chi connectivity index (χ1v) is 10.1. The summed E-state index contributed by atoms with van der Waals surface area (Å²) in [7, 11) is 1.39. The van der Waals surface area contributed by atoms with E-state index in [2.05, 4.69) is 26.6 Å². The van der Waals surface area contributed by atoms with Crippen LogP contribution in [0.5, 0.6) is 0 Å². The van der Waals surface area contributed by atoms with Crippen LogP contribution in [-0.4, -0.2) is 53.7 Å². The highest BCUT2D eigenvalue weighted by molar-refractivity contribution is 9.10. The number of rotatable bonds is 6. The van der Waals surface area contributed by atoms with Crippen molar-refractivity contribution in [2.45, 2.75) is 12.5 Å². The molecule has 8 nitrogen and oxygen atoms in total. The van der Waals surface area contributed by atoms with Crippen molar-refractivity contribution >= 4 is 45.4 Å². The van der Waals surface area contributed by atoms with Crippen molar-refractivity contribution in [2.75, 3.05) is 25.5 Å². The third-order valence-corrected chi connectivity index (χ3v) is 5.40. The molecule has 1 aliphatic rings. The topological polar surface area (TPSA) is 98.8 Å². The summed E-state index contributed by atoms with van der Waals surface area (Å²) >= 11 is 3.34. The second-order valence-electron chi connectivity index (χ2n) is 7.26. The molecule has 0 unspecified atom stereocenters. The van der Waals surface area contributed by atoms with E-state index in [1.807, 2.05) is 0 Å². The number of hydrogen-bond donors (Lipinski definition) is 2. The molecule has 1 aliphatic heterocycles. The summed E-state index contributed by atoms with van der Waals surface area (Å²) < 4.78 is 13.7. The summed E-state index contributed by atoms with van der Waals surface area (Å²) in [5.41, 5.74) is -0.354. The fourth-order valence-electron chi connectivity index (χ4n) is 3.13. The van der Waals surface area contributed by atoms with E-state index in [-0.39, 0.29) is 6.54 Å². The SMILES string of the molecule is CN(CC(=O)Nc1ccc(F)cc1)C(=O)CN1C(=O)N[C@@](C)(c2cccc(Br)c2)C1=O. The summed E-state index contributed by atoms with van der Waals surface area (Å²) in [6.07, 6.45) is 0. The summed E-state index contributed by atoms with van der Waals surface area (Å²) in [4.78, 5) is 52.0. The Morgan fingerprint density at radius 3 is 2.52 bits per heavy atom. The zero-order valence-corrected chi connectivity index (χ0v) is 18.4. The second kappa shape index (κ2) is 8.84. The van der Waals surface area contributed by atoms with Gasteiger partial charge in [0.2, 0.25) is 11.8 Å². The van der Waals surface area contributed by atoms with Crippen LogP contribution in [0.3, 0.4) is 0 Å². The Balaban J connectivity index is 1.62. The standard InChI is InChI=1S/C21H20BrFN4O4/c1-21(13-4-3-5-14(22)10-13)19(30)27(20(31)25-21)12-18(29)26(2)11-17(28)24-16-8-6-15(23)7-9-16/h3-10H,11-12H2,1-2H3,(H,24,28)(H,25,31)/t21-/m0/s1. The number of carbonyl (C=O) groups is 4. The van der Waals surface area contributed by atoms with E-state index in [4.69, 9.17) is 0 Å². The Morgan fingerprint density at radius 1 is 1.19 bits per heavy atom. The van der Waals surface area contributed by atoms with E-state index < -0.39 is 41.7 Å². The molecule has 1 heterocycles. The van der Waals surface area contributed by atoms with Crippen LogP contribution in [0.2, 0.25) is 0 Å². The van der Waals surface area contributed by atoms with Gasteiger partial charge in [0.1, 0.15) is 17.9 Å². The number of benzene rings is 2. The Kier molecular flexibility index (Phi) is 6.40. The summed E-state index contributed by atoms with van der Waals surface area (Å²) in [5, 5.41) is 5.17. The van der Waals surface area contributed by atoms with E-state index in [0.29, 0.717) is 11.3 Å². The molecule has 10 heteroatoms. The summed E-state index contributed by atoms with van der Waals surface area (Å²) in [5.74, 6) is -2.09. The molecule has 2 N–H and O–H groups in total. The maximum atomic E-state index is 12.9. The van der Waals surface area contributed by atoms with E-state index in [1.54, 1.807) is 31.2 Å². The van der Waals surface area contributed by atoms with Crippen LogP contribution in [0.15, 0.2) is 53.0 Å². The average molecular weight is 491 g/mol. The number of likely N-dealkylation sites (N-methyl/N-ethyl adjacent to an activating group) is 1. The molecule has 0 bridgehead atoms. The number of carbonyl (C=O) groups excluding carboxylic acids is 4. The first kappa shape index (κ1) is 22.4. The summed E-state index contributed by atoms with van der Waals surface area (Å²) in [6.45, 7) is 0.761. The normalized spacial score (nSPS) is 18.0. The van der Waals surface area contributed by atoms with Crippen LogP contribution in [-0.2, 0) is 19.9 Å². The van der Waals surface area contributed by atoms with Crippen LogP contribution in [0.4, 0.5) is 14.9 Å². The van der Waals surface area contributed by atoms with Crippen molar-refractivity contribution < 1.29 is 23.6 Å². The molecule has 1 fully saturated rings. The Hall–Kier alpha value is -3.27. The molecule has 0 aromatic heterocycles. The first-order valence-electron chi connectivity index (χ1n) is 9.29. The van der Waals surface area contributed by atoms with Crippen molar-refractivity contribution in [1.82, 2.24) is 15.1 Å². The molecular weight excluding hydrogens is 471 g/mol. The predicted molar refractivity (Wildman–Crippen MR) is 114 cm³/mol. The second-order valence-corrected chi connectivity index (χ2v) is 8.18. The third kappa shape index (κ3) is 4.91. The Morgan fingerprint density at radius 2 is 1.87 bits per heavy atom.